The zero-order chi connectivity index (χ0) is 35.6. The van der Waals surface area contributed by atoms with Crippen LogP contribution < -0.4 is 4.90 Å². The van der Waals surface area contributed by atoms with Crippen LogP contribution in [-0.4, -0.2) is 0 Å². The minimum absolute atomic E-state index is 1.12. The molecule has 0 aliphatic carbocycles. The molecule has 0 aliphatic rings. The SMILES string of the molecule is c1ccc(-c2ccc(N(c3ccc4c(c3)sc3c5ccccc5ccc43)c3cc(-c4cc5ccccc5c5ccccc45)cc4ccccc34)cc2)cc1. The normalized spacial score (nSPS) is 11.7. The van der Waals surface area contributed by atoms with Gasteiger partial charge in [0, 0.05) is 36.9 Å². The van der Waals surface area contributed by atoms with Gasteiger partial charge < -0.3 is 4.90 Å². The third kappa shape index (κ3) is 4.99. The van der Waals surface area contributed by atoms with Crippen molar-refractivity contribution < 1.29 is 0 Å². The van der Waals surface area contributed by atoms with Gasteiger partial charge in [-0.3, -0.25) is 0 Å². The summed E-state index contributed by atoms with van der Waals surface area (Å²) < 4.78 is 2.63. The molecule has 0 amide bonds. The lowest BCUT2D eigenvalue weighted by atomic mass is 9.91. The molecule has 0 radical (unpaired) electrons. The van der Waals surface area contributed by atoms with Gasteiger partial charge in [0.25, 0.3) is 0 Å². The molecule has 11 rings (SSSR count). The van der Waals surface area contributed by atoms with Crippen molar-refractivity contribution in [3.05, 3.63) is 200 Å². The van der Waals surface area contributed by atoms with Crippen LogP contribution in [0.3, 0.4) is 0 Å². The molecule has 0 saturated heterocycles. The number of benzene rings is 10. The Kier molecular flexibility index (Phi) is 7.11. The second kappa shape index (κ2) is 12.4. The Bertz CT molecular complexity index is 3210. The molecule has 0 saturated carbocycles. The van der Waals surface area contributed by atoms with Crippen molar-refractivity contribution in [2.75, 3.05) is 4.90 Å². The zero-order valence-corrected chi connectivity index (χ0v) is 30.2. The van der Waals surface area contributed by atoms with E-state index in [0.717, 1.165) is 17.1 Å². The van der Waals surface area contributed by atoms with E-state index in [1.165, 1.54) is 85.5 Å². The first-order valence-corrected chi connectivity index (χ1v) is 19.3. The molecule has 11 aromatic rings. The maximum atomic E-state index is 2.46. The molecule has 54 heavy (non-hydrogen) atoms. The van der Waals surface area contributed by atoms with Gasteiger partial charge in [-0.05, 0) is 102 Å². The van der Waals surface area contributed by atoms with E-state index >= 15 is 0 Å². The van der Waals surface area contributed by atoms with E-state index in [-0.39, 0.29) is 0 Å². The van der Waals surface area contributed by atoms with Crippen LogP contribution in [0.4, 0.5) is 17.1 Å². The molecule has 0 bridgehead atoms. The zero-order valence-electron chi connectivity index (χ0n) is 29.4. The highest BCUT2D eigenvalue weighted by Crippen LogP contribution is 2.46. The van der Waals surface area contributed by atoms with Crippen LogP contribution >= 0.6 is 11.3 Å². The minimum atomic E-state index is 1.12. The average molecular weight is 704 g/mol. The number of hydrogen-bond acceptors (Lipinski definition) is 2. The van der Waals surface area contributed by atoms with Crippen molar-refractivity contribution in [1.82, 2.24) is 0 Å². The van der Waals surface area contributed by atoms with Gasteiger partial charge in [0.1, 0.15) is 0 Å². The van der Waals surface area contributed by atoms with Crippen LogP contribution in [0.2, 0.25) is 0 Å². The van der Waals surface area contributed by atoms with E-state index in [4.69, 9.17) is 0 Å². The standard InChI is InChI=1S/C52H33NS/c1-2-12-34(13-3-1)35-22-25-40(26-23-35)53(41-27-29-47-48-28-24-36-14-4-9-19-44(36)52(48)54-51(47)33-41)50-32-39(30-37-15-6-8-18-43(37)50)49-31-38-16-5-7-17-42(38)45-20-10-11-21-46(45)49/h1-33H. The van der Waals surface area contributed by atoms with E-state index < -0.39 is 0 Å². The fourth-order valence-corrected chi connectivity index (χ4v) is 9.69. The van der Waals surface area contributed by atoms with Crippen molar-refractivity contribution in [2.45, 2.75) is 0 Å². The van der Waals surface area contributed by atoms with Crippen molar-refractivity contribution in [1.29, 1.82) is 0 Å². The Hall–Kier alpha value is -6.74. The van der Waals surface area contributed by atoms with Gasteiger partial charge in [-0.25, -0.2) is 0 Å². The fraction of sp³-hybridized carbons (Fsp3) is 0. The second-order valence-corrected chi connectivity index (χ2v) is 15.2. The van der Waals surface area contributed by atoms with E-state index in [2.05, 4.69) is 205 Å². The molecular formula is C52H33NS. The molecule has 0 atom stereocenters. The predicted octanol–water partition coefficient (Wildman–Crippen LogP) is 15.5. The Labute approximate surface area is 317 Å². The molecule has 252 valence electrons. The lowest BCUT2D eigenvalue weighted by Crippen LogP contribution is -2.10. The molecule has 0 aliphatic heterocycles. The number of rotatable bonds is 5. The summed E-state index contributed by atoms with van der Waals surface area (Å²) in [4.78, 5) is 2.46. The molecule has 0 fully saturated rings. The summed E-state index contributed by atoms with van der Waals surface area (Å²) in [5, 5.41) is 12.7. The predicted molar refractivity (Wildman–Crippen MR) is 235 cm³/mol. The number of hydrogen-bond donors (Lipinski definition) is 0. The topological polar surface area (TPSA) is 3.24 Å². The third-order valence-electron chi connectivity index (χ3n) is 11.0. The molecule has 10 aromatic carbocycles. The lowest BCUT2D eigenvalue weighted by molar-refractivity contribution is 1.30. The lowest BCUT2D eigenvalue weighted by Gasteiger charge is -2.28. The van der Waals surface area contributed by atoms with Gasteiger partial charge >= 0.3 is 0 Å². The van der Waals surface area contributed by atoms with E-state index in [1.54, 1.807) is 0 Å². The summed E-state index contributed by atoms with van der Waals surface area (Å²) in [5.41, 5.74) is 8.26. The quantitative estimate of drug-likeness (QED) is 0.161. The van der Waals surface area contributed by atoms with Gasteiger partial charge in [-0.1, -0.05) is 158 Å². The Morgan fingerprint density at radius 1 is 0.315 bits per heavy atom. The largest absolute Gasteiger partial charge is 0.310 e. The fourth-order valence-electron chi connectivity index (χ4n) is 8.42. The molecule has 1 nitrogen and oxygen atoms in total. The minimum Gasteiger partial charge on any atom is -0.310 e. The Morgan fingerprint density at radius 3 is 1.70 bits per heavy atom. The molecule has 1 heterocycles. The van der Waals surface area contributed by atoms with Gasteiger partial charge in [-0.2, -0.15) is 0 Å². The molecule has 0 N–H and O–H groups in total. The highest BCUT2D eigenvalue weighted by atomic mass is 32.1. The van der Waals surface area contributed by atoms with Gasteiger partial charge in [0.15, 0.2) is 0 Å². The van der Waals surface area contributed by atoms with Crippen molar-refractivity contribution in [2.24, 2.45) is 0 Å². The first kappa shape index (κ1) is 30.8. The van der Waals surface area contributed by atoms with Crippen LogP contribution in [-0.2, 0) is 0 Å². The third-order valence-corrected chi connectivity index (χ3v) is 12.2. The summed E-state index contributed by atoms with van der Waals surface area (Å²) in [6, 6.07) is 73.6. The summed E-state index contributed by atoms with van der Waals surface area (Å²) in [7, 11) is 0. The second-order valence-electron chi connectivity index (χ2n) is 14.1. The highest BCUT2D eigenvalue weighted by Gasteiger charge is 2.20. The highest BCUT2D eigenvalue weighted by molar-refractivity contribution is 7.26. The summed E-state index contributed by atoms with van der Waals surface area (Å²) in [6.07, 6.45) is 0. The number of thiophene rings is 1. The molecule has 1 aromatic heterocycles. The molecule has 0 unspecified atom stereocenters. The van der Waals surface area contributed by atoms with Crippen LogP contribution in [0.25, 0.3) is 85.5 Å². The van der Waals surface area contributed by atoms with Gasteiger partial charge in [-0.15, -0.1) is 11.3 Å². The van der Waals surface area contributed by atoms with Gasteiger partial charge in [0.2, 0.25) is 0 Å². The number of anilines is 3. The molecule has 2 heteroatoms. The average Bonchev–Trinajstić information content (AvgIpc) is 3.62. The molecule has 0 spiro atoms. The summed E-state index contributed by atoms with van der Waals surface area (Å²) in [6.45, 7) is 0. The molecular weight excluding hydrogens is 671 g/mol. The van der Waals surface area contributed by atoms with Crippen LogP contribution in [0.5, 0.6) is 0 Å². The maximum Gasteiger partial charge on any atom is 0.0546 e. The maximum absolute atomic E-state index is 2.46. The number of nitrogens with zero attached hydrogens (tertiary/aromatic N) is 1. The van der Waals surface area contributed by atoms with Crippen molar-refractivity contribution in [3.8, 4) is 22.3 Å². The van der Waals surface area contributed by atoms with E-state index in [0.29, 0.717) is 0 Å². The summed E-state index contributed by atoms with van der Waals surface area (Å²) >= 11 is 1.89. The van der Waals surface area contributed by atoms with Crippen LogP contribution in [0.1, 0.15) is 0 Å². The van der Waals surface area contributed by atoms with Gasteiger partial charge in [0.05, 0.1) is 5.69 Å². The van der Waals surface area contributed by atoms with Crippen LogP contribution in [0.15, 0.2) is 200 Å². The first-order chi connectivity index (χ1) is 26.8. The summed E-state index contributed by atoms with van der Waals surface area (Å²) in [5.74, 6) is 0. The van der Waals surface area contributed by atoms with E-state index in [9.17, 15) is 0 Å². The van der Waals surface area contributed by atoms with Crippen molar-refractivity contribution >= 4 is 91.7 Å². The van der Waals surface area contributed by atoms with Crippen molar-refractivity contribution in [3.63, 3.8) is 0 Å². The number of fused-ring (bicyclic) bond motifs is 9. The Morgan fingerprint density at radius 2 is 0.907 bits per heavy atom. The Balaban J connectivity index is 1.17. The van der Waals surface area contributed by atoms with Crippen LogP contribution in [0, 0.1) is 0 Å². The smallest absolute Gasteiger partial charge is 0.0546 e. The van der Waals surface area contributed by atoms with E-state index in [1.807, 2.05) is 11.3 Å². The monoisotopic (exact) mass is 703 g/mol. The first-order valence-electron chi connectivity index (χ1n) is 18.5.